The highest BCUT2D eigenvalue weighted by molar-refractivity contribution is 5.17. The van der Waals surface area contributed by atoms with Crippen molar-refractivity contribution in [3.8, 4) is 0 Å². The number of hydrogen-bond acceptors (Lipinski definition) is 1. The first-order valence-corrected chi connectivity index (χ1v) is 8.20. The molecule has 0 spiro atoms. The molecule has 0 heterocycles. The van der Waals surface area contributed by atoms with Crippen molar-refractivity contribution in [3.05, 3.63) is 35.6 Å². The van der Waals surface area contributed by atoms with Crippen LogP contribution >= 0.6 is 0 Å². The molecule has 1 nitrogen and oxygen atoms in total. The van der Waals surface area contributed by atoms with Crippen molar-refractivity contribution in [3.63, 3.8) is 0 Å². The van der Waals surface area contributed by atoms with E-state index < -0.39 is 0 Å². The van der Waals surface area contributed by atoms with E-state index in [1.54, 1.807) is 12.1 Å². The molecular weight excluding hydrogens is 249 g/mol. The summed E-state index contributed by atoms with van der Waals surface area (Å²) in [5.41, 5.74) is 1.25. The van der Waals surface area contributed by atoms with Crippen molar-refractivity contribution in [1.82, 2.24) is 5.32 Å². The summed E-state index contributed by atoms with van der Waals surface area (Å²) in [6.45, 7) is 5.51. The van der Waals surface area contributed by atoms with Gasteiger partial charge in [0.05, 0.1) is 0 Å². The maximum atomic E-state index is 13.0. The second-order valence-electron chi connectivity index (χ2n) is 6.20. The third kappa shape index (κ3) is 4.31. The molecule has 1 aromatic carbocycles. The molecule has 1 aliphatic rings. The van der Waals surface area contributed by atoms with E-state index in [2.05, 4.69) is 19.2 Å². The topological polar surface area (TPSA) is 12.0 Å². The van der Waals surface area contributed by atoms with E-state index in [4.69, 9.17) is 0 Å². The van der Waals surface area contributed by atoms with E-state index in [1.165, 1.54) is 37.7 Å². The van der Waals surface area contributed by atoms with Gasteiger partial charge < -0.3 is 5.32 Å². The highest BCUT2D eigenvalue weighted by Crippen LogP contribution is 2.33. The highest BCUT2D eigenvalue weighted by atomic mass is 19.1. The summed E-state index contributed by atoms with van der Waals surface area (Å²) < 4.78 is 13.0. The summed E-state index contributed by atoms with van der Waals surface area (Å²) in [5.74, 6) is 1.54. The van der Waals surface area contributed by atoms with Gasteiger partial charge in [-0.05, 0) is 55.3 Å². The lowest BCUT2D eigenvalue weighted by atomic mass is 9.75. The lowest BCUT2D eigenvalue weighted by Crippen LogP contribution is -2.40. The lowest BCUT2D eigenvalue weighted by molar-refractivity contribution is 0.208. The van der Waals surface area contributed by atoms with E-state index in [9.17, 15) is 4.39 Å². The molecule has 0 bridgehead atoms. The molecule has 20 heavy (non-hydrogen) atoms. The van der Waals surface area contributed by atoms with Crippen LogP contribution in [-0.4, -0.2) is 12.6 Å². The van der Waals surface area contributed by atoms with Gasteiger partial charge in [0, 0.05) is 6.04 Å². The van der Waals surface area contributed by atoms with Gasteiger partial charge in [-0.3, -0.25) is 0 Å². The van der Waals surface area contributed by atoms with Gasteiger partial charge in [0.2, 0.25) is 0 Å². The van der Waals surface area contributed by atoms with E-state index in [1.807, 2.05) is 12.1 Å². The fourth-order valence-corrected chi connectivity index (χ4v) is 3.61. The molecular formula is C18H28FN. The Labute approximate surface area is 123 Å². The minimum absolute atomic E-state index is 0.141. The Morgan fingerprint density at radius 2 is 1.95 bits per heavy atom. The summed E-state index contributed by atoms with van der Waals surface area (Å²) in [5, 5.41) is 3.67. The Balaban J connectivity index is 2.00. The number of likely N-dealkylation sites (N-methyl/N-ethyl adjacent to an activating group) is 1. The molecule has 0 saturated heterocycles. The third-order valence-corrected chi connectivity index (χ3v) is 4.80. The summed E-state index contributed by atoms with van der Waals surface area (Å²) in [6, 6.07) is 7.56. The molecule has 3 unspecified atom stereocenters. The summed E-state index contributed by atoms with van der Waals surface area (Å²) in [4.78, 5) is 0. The minimum Gasteiger partial charge on any atom is -0.314 e. The van der Waals surface area contributed by atoms with Gasteiger partial charge in [0.25, 0.3) is 0 Å². The summed E-state index contributed by atoms with van der Waals surface area (Å²) in [7, 11) is 0. The van der Waals surface area contributed by atoms with Crippen LogP contribution in [0.5, 0.6) is 0 Å². The molecule has 1 saturated carbocycles. The number of benzene rings is 1. The largest absolute Gasteiger partial charge is 0.314 e. The van der Waals surface area contributed by atoms with E-state index in [0.717, 1.165) is 24.8 Å². The average molecular weight is 277 g/mol. The quantitative estimate of drug-likeness (QED) is 0.803. The van der Waals surface area contributed by atoms with Crippen LogP contribution in [0.1, 0.15) is 51.5 Å². The minimum atomic E-state index is -0.141. The molecule has 2 heteroatoms. The van der Waals surface area contributed by atoms with E-state index in [-0.39, 0.29) is 5.82 Å². The van der Waals surface area contributed by atoms with Gasteiger partial charge in [-0.25, -0.2) is 4.39 Å². The van der Waals surface area contributed by atoms with Crippen molar-refractivity contribution in [2.75, 3.05) is 6.54 Å². The maximum absolute atomic E-state index is 13.0. The molecule has 0 aromatic heterocycles. The average Bonchev–Trinajstić information content (AvgIpc) is 2.49. The Kier molecular flexibility index (Phi) is 6.03. The first-order valence-electron chi connectivity index (χ1n) is 8.20. The smallest absolute Gasteiger partial charge is 0.123 e. The zero-order valence-electron chi connectivity index (χ0n) is 12.9. The Hall–Kier alpha value is -0.890. The van der Waals surface area contributed by atoms with Crippen LogP contribution in [0.3, 0.4) is 0 Å². The molecule has 1 aromatic rings. The maximum Gasteiger partial charge on any atom is 0.123 e. The second-order valence-corrected chi connectivity index (χ2v) is 6.20. The standard InChI is InChI=1S/C18H28FN/c1-3-14-6-5-7-16(12-14)18(20-4-2)13-15-8-10-17(19)11-9-15/h8-11,14,16,18,20H,3-7,12-13H2,1-2H3. The molecule has 3 atom stereocenters. The number of hydrogen-bond donors (Lipinski definition) is 1. The molecule has 112 valence electrons. The van der Waals surface area contributed by atoms with Crippen LogP contribution in [-0.2, 0) is 6.42 Å². The fraction of sp³-hybridized carbons (Fsp3) is 0.667. The predicted molar refractivity (Wildman–Crippen MR) is 83.3 cm³/mol. The van der Waals surface area contributed by atoms with Crippen LogP contribution in [0.25, 0.3) is 0 Å². The van der Waals surface area contributed by atoms with Crippen LogP contribution in [0.15, 0.2) is 24.3 Å². The Morgan fingerprint density at radius 1 is 1.20 bits per heavy atom. The zero-order valence-corrected chi connectivity index (χ0v) is 12.9. The first kappa shape index (κ1) is 15.5. The van der Waals surface area contributed by atoms with Gasteiger partial charge >= 0.3 is 0 Å². The third-order valence-electron chi connectivity index (χ3n) is 4.80. The zero-order chi connectivity index (χ0) is 14.4. The van der Waals surface area contributed by atoms with Gasteiger partial charge in [0.1, 0.15) is 5.82 Å². The Morgan fingerprint density at radius 3 is 2.60 bits per heavy atom. The number of halogens is 1. The van der Waals surface area contributed by atoms with Crippen molar-refractivity contribution < 1.29 is 4.39 Å². The molecule has 2 rings (SSSR count). The summed E-state index contributed by atoms with van der Waals surface area (Å²) >= 11 is 0. The van der Waals surface area contributed by atoms with Crippen molar-refractivity contribution in [1.29, 1.82) is 0 Å². The normalized spacial score (nSPS) is 24.6. The van der Waals surface area contributed by atoms with Gasteiger partial charge in [-0.1, -0.05) is 45.2 Å². The van der Waals surface area contributed by atoms with Crippen molar-refractivity contribution >= 4 is 0 Å². The first-order chi connectivity index (χ1) is 9.72. The molecule has 1 fully saturated rings. The van der Waals surface area contributed by atoms with Crippen LogP contribution in [0.4, 0.5) is 4.39 Å². The van der Waals surface area contributed by atoms with Crippen molar-refractivity contribution in [2.24, 2.45) is 11.8 Å². The monoisotopic (exact) mass is 277 g/mol. The lowest BCUT2D eigenvalue weighted by Gasteiger charge is -2.35. The van der Waals surface area contributed by atoms with E-state index >= 15 is 0 Å². The number of rotatable bonds is 6. The van der Waals surface area contributed by atoms with E-state index in [0.29, 0.717) is 6.04 Å². The molecule has 0 radical (unpaired) electrons. The van der Waals surface area contributed by atoms with Gasteiger partial charge in [0.15, 0.2) is 0 Å². The van der Waals surface area contributed by atoms with Crippen LogP contribution < -0.4 is 5.32 Å². The van der Waals surface area contributed by atoms with Crippen molar-refractivity contribution in [2.45, 2.75) is 58.4 Å². The second kappa shape index (κ2) is 7.78. The summed E-state index contributed by atoms with van der Waals surface area (Å²) in [6.07, 6.45) is 7.81. The fourth-order valence-electron chi connectivity index (χ4n) is 3.61. The van der Waals surface area contributed by atoms with Crippen LogP contribution in [0, 0.1) is 17.7 Å². The van der Waals surface area contributed by atoms with Crippen LogP contribution in [0.2, 0.25) is 0 Å². The SMILES string of the molecule is CCNC(Cc1ccc(F)cc1)C1CCCC(CC)C1. The van der Waals surface area contributed by atoms with Gasteiger partial charge in [-0.2, -0.15) is 0 Å². The van der Waals surface area contributed by atoms with Gasteiger partial charge in [-0.15, -0.1) is 0 Å². The molecule has 1 aliphatic carbocycles. The molecule has 0 amide bonds. The Bertz CT molecular complexity index is 387. The molecule has 1 N–H and O–H groups in total. The molecule has 0 aliphatic heterocycles. The predicted octanol–water partition coefficient (Wildman–Crippen LogP) is 4.56. The number of nitrogens with one attached hydrogen (secondary N) is 1. The highest BCUT2D eigenvalue weighted by Gasteiger charge is 2.27.